The molecule has 1 saturated heterocycles. The molecule has 0 aliphatic carbocycles. The number of hydrogen-bond donors (Lipinski definition) is 2. The Kier molecular flexibility index (Phi) is 6.35. The van der Waals surface area contributed by atoms with E-state index in [2.05, 4.69) is 5.32 Å². The molecule has 0 saturated carbocycles. The zero-order chi connectivity index (χ0) is 22.5. The van der Waals surface area contributed by atoms with Gasteiger partial charge < -0.3 is 14.6 Å². The number of carboxylic acid groups (broad SMARTS) is 1. The highest BCUT2D eigenvalue weighted by molar-refractivity contribution is 6.39. The highest BCUT2D eigenvalue weighted by atomic mass is 16.5. The zero-order valence-electron chi connectivity index (χ0n) is 16.8. The molecule has 9 heteroatoms. The van der Waals surface area contributed by atoms with Gasteiger partial charge in [-0.05, 0) is 61.9 Å². The quantitative estimate of drug-likeness (QED) is 0.517. The van der Waals surface area contributed by atoms with E-state index in [1.165, 1.54) is 25.1 Å². The molecule has 0 spiro atoms. The lowest BCUT2D eigenvalue weighted by atomic mass is 10.1. The fourth-order valence-electron chi connectivity index (χ4n) is 2.81. The van der Waals surface area contributed by atoms with E-state index in [4.69, 9.17) is 14.6 Å². The number of carboxylic acids is 1. The first-order chi connectivity index (χ1) is 14.8. The minimum Gasteiger partial charge on any atom is -0.494 e. The lowest BCUT2D eigenvalue weighted by Gasteiger charge is -2.26. The number of ether oxygens (including phenoxy) is 2. The third-order valence-corrected chi connectivity index (χ3v) is 4.36. The van der Waals surface area contributed by atoms with Gasteiger partial charge in [-0.25, -0.2) is 14.5 Å². The van der Waals surface area contributed by atoms with Crippen LogP contribution in [0, 0.1) is 0 Å². The second-order valence-electron chi connectivity index (χ2n) is 6.55. The van der Waals surface area contributed by atoms with Crippen LogP contribution in [-0.2, 0) is 14.4 Å². The SMILES string of the molecule is CCOc1ccc(N2C(=O)NC(=O)/C(=C\c3ccc(O[C@H](C)C(=O)O)cc3)C2=O)cc1. The number of anilines is 1. The summed E-state index contributed by atoms with van der Waals surface area (Å²) in [5.41, 5.74) is 0.562. The lowest BCUT2D eigenvalue weighted by molar-refractivity contribution is -0.144. The predicted octanol–water partition coefficient (Wildman–Crippen LogP) is 2.60. The predicted molar refractivity (Wildman–Crippen MR) is 111 cm³/mol. The van der Waals surface area contributed by atoms with Gasteiger partial charge in [-0.2, -0.15) is 0 Å². The largest absolute Gasteiger partial charge is 0.494 e. The molecule has 31 heavy (non-hydrogen) atoms. The van der Waals surface area contributed by atoms with E-state index in [-0.39, 0.29) is 11.3 Å². The van der Waals surface area contributed by atoms with Gasteiger partial charge in [0.1, 0.15) is 17.1 Å². The van der Waals surface area contributed by atoms with Crippen molar-refractivity contribution in [2.75, 3.05) is 11.5 Å². The molecule has 0 unspecified atom stereocenters. The van der Waals surface area contributed by atoms with Crippen molar-refractivity contribution in [3.05, 3.63) is 59.7 Å². The van der Waals surface area contributed by atoms with Gasteiger partial charge >= 0.3 is 12.0 Å². The van der Waals surface area contributed by atoms with Crippen molar-refractivity contribution in [2.45, 2.75) is 20.0 Å². The van der Waals surface area contributed by atoms with Crippen molar-refractivity contribution < 1.29 is 33.8 Å². The number of imide groups is 2. The Bertz CT molecular complexity index is 1040. The van der Waals surface area contributed by atoms with E-state index in [9.17, 15) is 19.2 Å². The third-order valence-electron chi connectivity index (χ3n) is 4.36. The summed E-state index contributed by atoms with van der Waals surface area (Å²) < 4.78 is 10.6. The van der Waals surface area contributed by atoms with E-state index >= 15 is 0 Å². The summed E-state index contributed by atoms with van der Waals surface area (Å²) in [6.07, 6.45) is 0.319. The van der Waals surface area contributed by atoms with Crippen molar-refractivity contribution in [3.8, 4) is 11.5 Å². The van der Waals surface area contributed by atoms with Gasteiger partial charge in [-0.1, -0.05) is 12.1 Å². The summed E-state index contributed by atoms with van der Waals surface area (Å²) in [4.78, 5) is 49.2. The van der Waals surface area contributed by atoms with Crippen LogP contribution in [0.25, 0.3) is 6.08 Å². The van der Waals surface area contributed by atoms with Crippen LogP contribution in [0.3, 0.4) is 0 Å². The number of hydrogen-bond acceptors (Lipinski definition) is 6. The van der Waals surface area contributed by atoms with Gasteiger partial charge in [0, 0.05) is 0 Å². The monoisotopic (exact) mass is 424 g/mol. The molecule has 1 heterocycles. The number of aliphatic carboxylic acids is 1. The van der Waals surface area contributed by atoms with E-state index in [0.717, 1.165) is 4.90 Å². The van der Waals surface area contributed by atoms with Crippen LogP contribution in [0.15, 0.2) is 54.1 Å². The van der Waals surface area contributed by atoms with Gasteiger partial charge in [-0.3, -0.25) is 14.9 Å². The molecule has 3 rings (SSSR count). The molecule has 4 amide bonds. The van der Waals surface area contributed by atoms with Gasteiger partial charge in [0.05, 0.1) is 12.3 Å². The van der Waals surface area contributed by atoms with Gasteiger partial charge in [-0.15, -0.1) is 0 Å². The second kappa shape index (κ2) is 9.12. The highest BCUT2D eigenvalue weighted by Gasteiger charge is 2.36. The number of nitrogens with one attached hydrogen (secondary N) is 1. The molecule has 160 valence electrons. The first-order valence-electron chi connectivity index (χ1n) is 9.44. The van der Waals surface area contributed by atoms with Crippen LogP contribution in [0.1, 0.15) is 19.4 Å². The van der Waals surface area contributed by atoms with E-state index in [1.807, 2.05) is 6.92 Å². The van der Waals surface area contributed by atoms with Crippen molar-refractivity contribution in [2.24, 2.45) is 0 Å². The minimum atomic E-state index is -1.10. The van der Waals surface area contributed by atoms with Crippen molar-refractivity contribution in [3.63, 3.8) is 0 Å². The molecule has 2 aromatic carbocycles. The van der Waals surface area contributed by atoms with E-state index in [1.54, 1.807) is 36.4 Å². The van der Waals surface area contributed by atoms with Crippen molar-refractivity contribution in [1.29, 1.82) is 0 Å². The number of nitrogens with zero attached hydrogens (tertiary/aromatic N) is 1. The summed E-state index contributed by atoms with van der Waals surface area (Å²) in [5.74, 6) is -1.77. The van der Waals surface area contributed by atoms with Gasteiger partial charge in [0.2, 0.25) is 0 Å². The van der Waals surface area contributed by atoms with Crippen LogP contribution < -0.4 is 19.7 Å². The Labute approximate surface area is 177 Å². The van der Waals surface area contributed by atoms with Gasteiger partial charge in [0.25, 0.3) is 11.8 Å². The second-order valence-corrected chi connectivity index (χ2v) is 6.55. The summed E-state index contributed by atoms with van der Waals surface area (Å²) in [6.45, 7) is 3.71. The highest BCUT2D eigenvalue weighted by Crippen LogP contribution is 2.25. The molecule has 2 N–H and O–H groups in total. The number of barbiturate groups is 1. The molecule has 1 aliphatic heterocycles. The maximum atomic E-state index is 12.9. The Hall–Kier alpha value is -4.14. The number of benzene rings is 2. The molecular formula is C22H20N2O7. The molecule has 0 radical (unpaired) electrons. The number of urea groups is 1. The molecule has 0 aromatic heterocycles. The summed E-state index contributed by atoms with van der Waals surface area (Å²) in [6, 6.07) is 11.7. The Morgan fingerprint density at radius 1 is 1.06 bits per heavy atom. The Morgan fingerprint density at radius 3 is 2.26 bits per heavy atom. The Morgan fingerprint density at radius 2 is 1.68 bits per heavy atom. The Balaban J connectivity index is 1.84. The molecule has 1 aliphatic rings. The summed E-state index contributed by atoms with van der Waals surface area (Å²) in [5, 5.41) is 11.1. The fourth-order valence-corrected chi connectivity index (χ4v) is 2.81. The standard InChI is InChI=1S/C22H20N2O7/c1-3-30-16-10-6-15(7-11-16)24-20(26)18(19(25)23-22(24)29)12-14-4-8-17(9-5-14)31-13(2)21(27)28/h4-13H,3H2,1-2H3,(H,27,28)(H,23,25,29)/b18-12+/t13-/m1/s1. The van der Waals surface area contributed by atoms with E-state index < -0.39 is 29.9 Å². The van der Waals surface area contributed by atoms with Crippen molar-refractivity contribution in [1.82, 2.24) is 5.32 Å². The fraction of sp³-hybridized carbons (Fsp3) is 0.182. The molecular weight excluding hydrogens is 404 g/mol. The normalized spacial score (nSPS) is 16.1. The molecule has 1 fully saturated rings. The van der Waals surface area contributed by atoms with E-state index in [0.29, 0.717) is 23.7 Å². The van der Waals surface area contributed by atoms with Crippen molar-refractivity contribution >= 4 is 35.6 Å². The first-order valence-corrected chi connectivity index (χ1v) is 9.44. The first kappa shape index (κ1) is 21.6. The molecule has 0 bridgehead atoms. The van der Waals surface area contributed by atoms with Crippen LogP contribution in [0.2, 0.25) is 0 Å². The lowest BCUT2D eigenvalue weighted by Crippen LogP contribution is -2.54. The van der Waals surface area contributed by atoms with Crippen LogP contribution in [0.5, 0.6) is 11.5 Å². The summed E-state index contributed by atoms with van der Waals surface area (Å²) in [7, 11) is 0. The number of carbonyl (C=O) groups is 4. The zero-order valence-corrected chi connectivity index (χ0v) is 16.8. The number of amides is 4. The maximum Gasteiger partial charge on any atom is 0.344 e. The smallest absolute Gasteiger partial charge is 0.344 e. The van der Waals surface area contributed by atoms with Crippen LogP contribution in [-0.4, -0.2) is 41.6 Å². The summed E-state index contributed by atoms with van der Waals surface area (Å²) >= 11 is 0. The topological polar surface area (TPSA) is 122 Å². The van der Waals surface area contributed by atoms with Gasteiger partial charge in [0.15, 0.2) is 6.10 Å². The van der Waals surface area contributed by atoms with Crippen LogP contribution in [0.4, 0.5) is 10.5 Å². The minimum absolute atomic E-state index is 0.221. The molecule has 1 atom stereocenters. The molecule has 9 nitrogen and oxygen atoms in total. The third kappa shape index (κ3) is 4.89. The number of carbonyl (C=O) groups excluding carboxylic acids is 3. The average Bonchev–Trinajstić information content (AvgIpc) is 2.73. The maximum absolute atomic E-state index is 12.9. The number of rotatable bonds is 7. The molecule has 2 aromatic rings. The average molecular weight is 424 g/mol. The van der Waals surface area contributed by atoms with Crippen LogP contribution >= 0.6 is 0 Å².